The summed E-state index contributed by atoms with van der Waals surface area (Å²) in [5.74, 6) is 0. The fourth-order valence-corrected chi connectivity index (χ4v) is 6.13. The van der Waals surface area contributed by atoms with Gasteiger partial charge in [0.15, 0.2) is 0 Å². The molecule has 0 saturated heterocycles. The second-order valence-electron chi connectivity index (χ2n) is 8.17. The fraction of sp³-hybridized carbons (Fsp3) is 0. The monoisotopic (exact) mass is 429 g/mol. The Bertz CT molecular complexity index is 1910. The molecule has 0 saturated carbocycles. The van der Waals surface area contributed by atoms with Gasteiger partial charge < -0.3 is 8.83 Å². The first-order chi connectivity index (χ1) is 15.9. The van der Waals surface area contributed by atoms with Crippen molar-refractivity contribution < 1.29 is 8.83 Å². The highest BCUT2D eigenvalue weighted by molar-refractivity contribution is 7.25. The predicted molar refractivity (Wildman–Crippen MR) is 133 cm³/mol. The maximum absolute atomic E-state index is 6.42. The molecule has 0 amide bonds. The van der Waals surface area contributed by atoms with Crippen molar-refractivity contribution in [3.05, 3.63) is 91.0 Å². The number of fused-ring (bicyclic) bond motifs is 10. The molecule has 4 heteroatoms. The smallest absolute Gasteiger partial charge is 0.216 e. The lowest BCUT2D eigenvalue weighted by Gasteiger charge is -2.04. The van der Waals surface area contributed by atoms with Crippen molar-refractivity contribution in [2.75, 3.05) is 0 Å². The highest BCUT2D eigenvalue weighted by Crippen LogP contribution is 2.44. The van der Waals surface area contributed by atoms with Gasteiger partial charge in [0.05, 0.1) is 16.5 Å². The van der Waals surface area contributed by atoms with Crippen molar-refractivity contribution in [3.8, 4) is 5.69 Å². The van der Waals surface area contributed by atoms with Crippen LogP contribution in [0.15, 0.2) is 99.8 Å². The molecule has 8 aromatic rings. The molecule has 0 spiro atoms. The van der Waals surface area contributed by atoms with Crippen molar-refractivity contribution >= 4 is 75.6 Å². The van der Waals surface area contributed by atoms with E-state index in [0.29, 0.717) is 0 Å². The molecule has 0 aliphatic carbocycles. The van der Waals surface area contributed by atoms with Gasteiger partial charge in [-0.2, -0.15) is 0 Å². The van der Waals surface area contributed by atoms with Crippen LogP contribution in [-0.2, 0) is 0 Å². The van der Waals surface area contributed by atoms with E-state index in [1.165, 1.54) is 20.2 Å². The van der Waals surface area contributed by atoms with Crippen LogP contribution >= 0.6 is 11.3 Å². The first-order valence-corrected chi connectivity index (χ1v) is 11.4. The van der Waals surface area contributed by atoms with E-state index in [1.54, 1.807) is 0 Å². The highest BCUT2D eigenvalue weighted by Gasteiger charge is 2.24. The second kappa shape index (κ2) is 5.81. The Morgan fingerprint density at radius 1 is 0.531 bits per heavy atom. The normalized spacial score (nSPS) is 12.4. The van der Waals surface area contributed by atoms with E-state index >= 15 is 0 Å². The summed E-state index contributed by atoms with van der Waals surface area (Å²) in [7, 11) is 0. The average Bonchev–Trinajstić information content (AvgIpc) is 3.55. The lowest BCUT2D eigenvalue weighted by Crippen LogP contribution is -1.91. The molecule has 0 N–H and O–H groups in total. The largest absolute Gasteiger partial charge is 0.439 e. The van der Waals surface area contributed by atoms with E-state index in [4.69, 9.17) is 8.83 Å². The second-order valence-corrected chi connectivity index (χ2v) is 9.25. The molecule has 0 aliphatic rings. The molecule has 0 radical (unpaired) electrons. The van der Waals surface area contributed by atoms with Gasteiger partial charge in [-0.15, -0.1) is 11.3 Å². The van der Waals surface area contributed by atoms with Gasteiger partial charge in [0.25, 0.3) is 0 Å². The number of hydrogen-bond donors (Lipinski definition) is 0. The van der Waals surface area contributed by atoms with Crippen LogP contribution in [0.2, 0.25) is 0 Å². The molecule has 150 valence electrons. The predicted octanol–water partition coefficient (Wildman–Crippen LogP) is 8.64. The molecule has 3 nitrogen and oxygen atoms in total. The number of nitrogens with zero attached hydrogens (tertiary/aromatic N) is 1. The zero-order valence-corrected chi connectivity index (χ0v) is 17.6. The Labute approximate surface area is 185 Å². The quantitative estimate of drug-likeness (QED) is 0.261. The van der Waals surface area contributed by atoms with Gasteiger partial charge >= 0.3 is 0 Å². The molecule has 0 bridgehead atoms. The molecular weight excluding hydrogens is 414 g/mol. The molecule has 0 unspecified atom stereocenters. The third-order valence-electron chi connectivity index (χ3n) is 6.43. The zero-order valence-electron chi connectivity index (χ0n) is 16.8. The lowest BCUT2D eigenvalue weighted by atomic mass is 10.1. The first-order valence-electron chi connectivity index (χ1n) is 10.6. The molecular formula is C28H15NO2S. The minimum atomic E-state index is 0.824. The summed E-state index contributed by atoms with van der Waals surface area (Å²) in [6.07, 6.45) is 0. The number of furan rings is 2. The third-order valence-corrected chi connectivity index (χ3v) is 7.58. The Hall–Kier alpha value is -4.02. The van der Waals surface area contributed by atoms with Crippen molar-refractivity contribution in [1.82, 2.24) is 4.57 Å². The van der Waals surface area contributed by atoms with Crippen LogP contribution in [0.25, 0.3) is 70.0 Å². The topological polar surface area (TPSA) is 31.2 Å². The van der Waals surface area contributed by atoms with Crippen molar-refractivity contribution in [1.29, 1.82) is 0 Å². The fourth-order valence-electron chi connectivity index (χ4n) is 5.04. The summed E-state index contributed by atoms with van der Waals surface area (Å²) in [6.45, 7) is 0. The molecule has 4 heterocycles. The van der Waals surface area contributed by atoms with Gasteiger partial charge in [0, 0.05) is 30.9 Å². The average molecular weight is 430 g/mol. The number of aromatic nitrogens is 1. The Balaban J connectivity index is 1.58. The van der Waals surface area contributed by atoms with Gasteiger partial charge in [-0.1, -0.05) is 54.6 Å². The third kappa shape index (κ3) is 2.00. The van der Waals surface area contributed by atoms with Crippen LogP contribution in [-0.4, -0.2) is 4.57 Å². The zero-order chi connectivity index (χ0) is 20.8. The van der Waals surface area contributed by atoms with E-state index in [0.717, 1.165) is 49.8 Å². The SMILES string of the molecule is c1ccc2c(c1)oc1c2c2c3ccccc3oc2n1-c1ccc2sc3ccccc3c2c1. The molecule has 0 aliphatic heterocycles. The number of benzene rings is 4. The maximum Gasteiger partial charge on any atom is 0.216 e. The summed E-state index contributed by atoms with van der Waals surface area (Å²) in [6, 6.07) is 31.7. The summed E-state index contributed by atoms with van der Waals surface area (Å²) < 4.78 is 17.6. The van der Waals surface area contributed by atoms with E-state index in [1.807, 2.05) is 35.6 Å². The Morgan fingerprint density at radius 2 is 1.09 bits per heavy atom. The van der Waals surface area contributed by atoms with Gasteiger partial charge in [-0.25, -0.2) is 4.57 Å². The van der Waals surface area contributed by atoms with Crippen LogP contribution in [0.3, 0.4) is 0 Å². The number of para-hydroxylation sites is 2. The molecule has 4 aromatic heterocycles. The van der Waals surface area contributed by atoms with Crippen molar-refractivity contribution in [2.24, 2.45) is 0 Å². The molecule has 32 heavy (non-hydrogen) atoms. The minimum Gasteiger partial charge on any atom is -0.439 e. The van der Waals surface area contributed by atoms with E-state index < -0.39 is 0 Å². The van der Waals surface area contributed by atoms with E-state index in [9.17, 15) is 0 Å². The van der Waals surface area contributed by atoms with Crippen LogP contribution < -0.4 is 0 Å². The van der Waals surface area contributed by atoms with Crippen LogP contribution in [0, 0.1) is 0 Å². The summed E-state index contributed by atoms with van der Waals surface area (Å²) in [5, 5.41) is 6.97. The Morgan fingerprint density at radius 3 is 1.78 bits per heavy atom. The van der Waals surface area contributed by atoms with Crippen molar-refractivity contribution in [2.45, 2.75) is 0 Å². The summed E-state index contributed by atoms with van der Waals surface area (Å²) in [4.78, 5) is 0. The molecule has 8 rings (SSSR count). The van der Waals surface area contributed by atoms with Gasteiger partial charge in [0.2, 0.25) is 11.4 Å². The molecule has 4 aromatic carbocycles. The van der Waals surface area contributed by atoms with E-state index in [2.05, 4.69) is 71.3 Å². The number of hydrogen-bond acceptors (Lipinski definition) is 3. The standard InChI is InChI=1S/C28H15NO2S/c1-4-10-21-18(8-1)25-26-19-9-2-5-11-22(19)31-28(26)29(27(25)30-21)16-13-14-24-20(15-16)17-7-3-6-12-23(17)32-24/h1-15H. The maximum atomic E-state index is 6.42. The van der Waals surface area contributed by atoms with Gasteiger partial charge in [-0.3, -0.25) is 0 Å². The Kier molecular flexibility index (Phi) is 3.02. The van der Waals surface area contributed by atoms with Crippen molar-refractivity contribution in [3.63, 3.8) is 0 Å². The molecule has 0 atom stereocenters. The van der Waals surface area contributed by atoms with Crippen LogP contribution in [0.5, 0.6) is 0 Å². The summed E-state index contributed by atoms with van der Waals surface area (Å²) in [5.41, 5.74) is 4.47. The lowest BCUT2D eigenvalue weighted by molar-refractivity contribution is 0.615. The minimum absolute atomic E-state index is 0.824. The first kappa shape index (κ1) is 16.6. The van der Waals surface area contributed by atoms with Crippen LogP contribution in [0.4, 0.5) is 0 Å². The molecule has 0 fully saturated rings. The van der Waals surface area contributed by atoms with E-state index in [-0.39, 0.29) is 0 Å². The summed E-state index contributed by atoms with van der Waals surface area (Å²) >= 11 is 1.83. The highest BCUT2D eigenvalue weighted by atomic mass is 32.1. The van der Waals surface area contributed by atoms with Crippen LogP contribution in [0.1, 0.15) is 0 Å². The number of rotatable bonds is 1. The van der Waals surface area contributed by atoms with Gasteiger partial charge in [-0.05, 0) is 36.4 Å². The van der Waals surface area contributed by atoms with Gasteiger partial charge in [0.1, 0.15) is 11.2 Å². The number of thiophene rings is 1.